The standard InChI is InChI=1S/C7H10FNO2/c1-3-7(8)5-4-6(2)9(10)11/h4-5H,3H2,1-2H3/b6-4+,7-5+. The van der Waals surface area contributed by atoms with Gasteiger partial charge in [-0.3, -0.25) is 10.1 Å². The smallest absolute Gasteiger partial charge is 0.243 e. The molecule has 4 heteroatoms. The molecular formula is C7H10FNO2. The van der Waals surface area contributed by atoms with Crippen molar-refractivity contribution in [2.75, 3.05) is 0 Å². The highest BCUT2D eigenvalue weighted by Crippen LogP contribution is 2.03. The van der Waals surface area contributed by atoms with Gasteiger partial charge in [0.25, 0.3) is 0 Å². The van der Waals surface area contributed by atoms with Gasteiger partial charge in [-0.15, -0.1) is 0 Å². The van der Waals surface area contributed by atoms with Gasteiger partial charge in [-0.1, -0.05) is 6.92 Å². The SMILES string of the molecule is CC/C(F)=C\C=C(/C)[N+](=O)[O-]. The average Bonchev–Trinajstić information content (AvgIpc) is 1.99. The fourth-order valence-electron chi connectivity index (χ4n) is 0.390. The van der Waals surface area contributed by atoms with Crippen LogP contribution in [0.2, 0.25) is 0 Å². The van der Waals surface area contributed by atoms with Crippen LogP contribution >= 0.6 is 0 Å². The number of nitro groups is 1. The highest BCUT2D eigenvalue weighted by molar-refractivity contribution is 5.08. The highest BCUT2D eigenvalue weighted by atomic mass is 19.1. The van der Waals surface area contributed by atoms with E-state index >= 15 is 0 Å². The maximum absolute atomic E-state index is 12.3. The van der Waals surface area contributed by atoms with Crippen LogP contribution in [0, 0.1) is 10.1 Å². The second-order valence-electron chi connectivity index (χ2n) is 2.03. The van der Waals surface area contributed by atoms with Crippen molar-refractivity contribution in [3.8, 4) is 0 Å². The molecule has 0 N–H and O–H groups in total. The number of allylic oxidation sites excluding steroid dienone is 4. The lowest BCUT2D eigenvalue weighted by Crippen LogP contribution is -1.92. The number of halogens is 1. The van der Waals surface area contributed by atoms with Crippen molar-refractivity contribution in [3.63, 3.8) is 0 Å². The Bertz CT molecular complexity index is 208. The summed E-state index contributed by atoms with van der Waals surface area (Å²) < 4.78 is 12.3. The fourth-order valence-corrected chi connectivity index (χ4v) is 0.390. The first-order valence-corrected chi connectivity index (χ1v) is 3.25. The van der Waals surface area contributed by atoms with Gasteiger partial charge in [-0.2, -0.15) is 0 Å². The van der Waals surface area contributed by atoms with Gasteiger partial charge in [0.2, 0.25) is 5.70 Å². The molecule has 0 heterocycles. The summed E-state index contributed by atoms with van der Waals surface area (Å²) >= 11 is 0. The Kier molecular flexibility index (Phi) is 4.10. The molecule has 3 nitrogen and oxygen atoms in total. The summed E-state index contributed by atoms with van der Waals surface area (Å²) in [7, 11) is 0. The topological polar surface area (TPSA) is 43.1 Å². The van der Waals surface area contributed by atoms with Gasteiger partial charge < -0.3 is 0 Å². The summed E-state index contributed by atoms with van der Waals surface area (Å²) in [5, 5.41) is 9.99. The lowest BCUT2D eigenvalue weighted by molar-refractivity contribution is -0.424. The van der Waals surface area contributed by atoms with Crippen molar-refractivity contribution in [2.45, 2.75) is 20.3 Å². The third kappa shape index (κ3) is 4.25. The Balaban J connectivity index is 4.22. The van der Waals surface area contributed by atoms with Crippen molar-refractivity contribution in [1.29, 1.82) is 0 Å². The molecule has 0 saturated carbocycles. The molecule has 0 amide bonds. The predicted octanol–water partition coefficient (Wildman–Crippen LogP) is 2.43. The number of hydrogen-bond donors (Lipinski definition) is 0. The zero-order valence-corrected chi connectivity index (χ0v) is 6.50. The van der Waals surface area contributed by atoms with Crippen molar-refractivity contribution >= 4 is 0 Å². The first-order valence-electron chi connectivity index (χ1n) is 3.25. The summed E-state index contributed by atoms with van der Waals surface area (Å²) in [6.45, 7) is 2.96. The predicted molar refractivity (Wildman–Crippen MR) is 40.2 cm³/mol. The molecule has 0 aromatic heterocycles. The van der Waals surface area contributed by atoms with Crippen molar-refractivity contribution in [1.82, 2.24) is 0 Å². The van der Waals surface area contributed by atoms with E-state index in [4.69, 9.17) is 0 Å². The van der Waals surface area contributed by atoms with E-state index in [1.807, 2.05) is 0 Å². The van der Waals surface area contributed by atoms with Gasteiger partial charge in [0, 0.05) is 13.0 Å². The molecule has 0 radical (unpaired) electrons. The van der Waals surface area contributed by atoms with Crippen LogP contribution in [0.5, 0.6) is 0 Å². The van der Waals surface area contributed by atoms with Crippen LogP contribution < -0.4 is 0 Å². The molecule has 0 aliphatic heterocycles. The summed E-state index contributed by atoms with van der Waals surface area (Å²) in [6, 6.07) is 0. The summed E-state index contributed by atoms with van der Waals surface area (Å²) in [5.74, 6) is -0.355. The first-order chi connectivity index (χ1) is 5.07. The Morgan fingerprint density at radius 3 is 2.55 bits per heavy atom. The van der Waals surface area contributed by atoms with Gasteiger partial charge in [-0.25, -0.2) is 4.39 Å². The van der Waals surface area contributed by atoms with E-state index in [2.05, 4.69) is 0 Å². The van der Waals surface area contributed by atoms with Gasteiger partial charge >= 0.3 is 0 Å². The Hall–Kier alpha value is -1.19. The van der Waals surface area contributed by atoms with Gasteiger partial charge in [0.05, 0.1) is 10.8 Å². The van der Waals surface area contributed by atoms with Crippen LogP contribution in [0.25, 0.3) is 0 Å². The van der Waals surface area contributed by atoms with Crippen LogP contribution in [-0.4, -0.2) is 4.92 Å². The largest absolute Gasteiger partial charge is 0.259 e. The molecule has 62 valence electrons. The molecule has 0 aliphatic rings. The summed E-state index contributed by atoms with van der Waals surface area (Å²) in [4.78, 5) is 9.43. The average molecular weight is 159 g/mol. The van der Waals surface area contributed by atoms with E-state index < -0.39 is 4.92 Å². The molecular weight excluding hydrogens is 149 g/mol. The maximum Gasteiger partial charge on any atom is 0.243 e. The van der Waals surface area contributed by atoms with Crippen LogP contribution in [0.3, 0.4) is 0 Å². The Labute approximate surface area is 64.4 Å². The lowest BCUT2D eigenvalue weighted by atomic mass is 10.3. The minimum absolute atomic E-state index is 0.0615. The summed E-state index contributed by atoms with van der Waals surface area (Å²) in [6.07, 6.45) is 2.53. The lowest BCUT2D eigenvalue weighted by Gasteiger charge is -1.86. The molecule has 0 atom stereocenters. The quantitative estimate of drug-likeness (QED) is 0.360. The van der Waals surface area contributed by atoms with Crippen molar-refractivity contribution < 1.29 is 9.31 Å². The zero-order chi connectivity index (χ0) is 8.85. The summed E-state index contributed by atoms with van der Waals surface area (Å²) in [5.41, 5.74) is -0.0615. The number of rotatable bonds is 3. The van der Waals surface area contributed by atoms with E-state index in [1.165, 1.54) is 6.92 Å². The third-order valence-electron chi connectivity index (χ3n) is 1.13. The van der Waals surface area contributed by atoms with E-state index in [1.54, 1.807) is 6.92 Å². The molecule has 0 unspecified atom stereocenters. The van der Waals surface area contributed by atoms with E-state index in [0.29, 0.717) is 0 Å². The molecule has 0 bridgehead atoms. The van der Waals surface area contributed by atoms with Crippen LogP contribution in [0.15, 0.2) is 23.7 Å². The van der Waals surface area contributed by atoms with Gasteiger partial charge in [0.1, 0.15) is 0 Å². The molecule has 0 fully saturated rings. The molecule has 11 heavy (non-hydrogen) atoms. The molecule has 0 aliphatic carbocycles. The van der Waals surface area contributed by atoms with Gasteiger partial charge in [-0.05, 0) is 12.5 Å². The highest BCUT2D eigenvalue weighted by Gasteiger charge is 1.98. The minimum atomic E-state index is -0.556. The number of hydrogen-bond acceptors (Lipinski definition) is 2. The van der Waals surface area contributed by atoms with Crippen LogP contribution in [0.1, 0.15) is 20.3 Å². The Morgan fingerprint density at radius 1 is 1.64 bits per heavy atom. The molecule has 0 aromatic carbocycles. The van der Waals surface area contributed by atoms with Gasteiger partial charge in [0.15, 0.2) is 0 Å². The second kappa shape index (κ2) is 4.60. The van der Waals surface area contributed by atoms with E-state index in [0.717, 1.165) is 12.2 Å². The molecule has 0 rings (SSSR count). The Morgan fingerprint density at radius 2 is 2.18 bits per heavy atom. The monoisotopic (exact) mass is 159 g/mol. The van der Waals surface area contributed by atoms with E-state index in [-0.39, 0.29) is 17.9 Å². The van der Waals surface area contributed by atoms with E-state index in [9.17, 15) is 14.5 Å². The second-order valence-corrected chi connectivity index (χ2v) is 2.03. The fraction of sp³-hybridized carbons (Fsp3) is 0.429. The normalized spacial score (nSPS) is 13.4. The molecule has 0 saturated heterocycles. The zero-order valence-electron chi connectivity index (χ0n) is 6.50. The maximum atomic E-state index is 12.3. The van der Waals surface area contributed by atoms with Crippen LogP contribution in [-0.2, 0) is 0 Å². The number of nitrogens with zero attached hydrogens (tertiary/aromatic N) is 1. The van der Waals surface area contributed by atoms with Crippen molar-refractivity contribution in [2.24, 2.45) is 0 Å². The van der Waals surface area contributed by atoms with Crippen molar-refractivity contribution in [3.05, 3.63) is 33.8 Å². The first kappa shape index (κ1) is 9.81. The minimum Gasteiger partial charge on any atom is -0.259 e. The molecule has 0 spiro atoms. The third-order valence-corrected chi connectivity index (χ3v) is 1.13. The van der Waals surface area contributed by atoms with Crippen LogP contribution in [0.4, 0.5) is 4.39 Å². The molecule has 0 aromatic rings.